The Bertz CT molecular complexity index is 789. The molecule has 3 atom stereocenters. The van der Waals surface area contributed by atoms with Gasteiger partial charge in [0.15, 0.2) is 10.8 Å². The number of nitrogens with zero attached hydrogens (tertiary/aromatic N) is 4. The third kappa shape index (κ3) is 3.62. The normalized spacial score (nSPS) is 23.6. The van der Waals surface area contributed by atoms with E-state index >= 15 is 0 Å². The number of imidazole rings is 1. The molecule has 0 radical (unpaired) electrons. The van der Waals surface area contributed by atoms with E-state index < -0.39 is 8.32 Å². The van der Waals surface area contributed by atoms with Crippen molar-refractivity contribution in [3.8, 4) is 0 Å². The lowest BCUT2D eigenvalue weighted by molar-refractivity contribution is 0.0940. The van der Waals surface area contributed by atoms with Crippen LogP contribution in [0.25, 0.3) is 11.2 Å². The molecule has 0 aliphatic heterocycles. The summed E-state index contributed by atoms with van der Waals surface area (Å²) in [5, 5.41) is 10.5. The Hall–Kier alpha value is -1.02. The van der Waals surface area contributed by atoms with Gasteiger partial charge in [0, 0.05) is 18.6 Å². The van der Waals surface area contributed by atoms with Crippen molar-refractivity contribution in [3.05, 3.63) is 17.8 Å². The predicted octanol–water partition coefficient (Wildman–Crippen LogP) is 4.98. The van der Waals surface area contributed by atoms with Crippen LogP contribution < -0.4 is 0 Å². The van der Waals surface area contributed by atoms with Gasteiger partial charge >= 0.3 is 0 Å². The average molecular weight is 425 g/mol. The number of aliphatic hydroxyl groups is 1. The third-order valence-electron chi connectivity index (χ3n) is 6.61. The predicted molar refractivity (Wildman–Crippen MR) is 115 cm³/mol. The van der Waals surface area contributed by atoms with E-state index in [0.717, 1.165) is 18.5 Å². The van der Waals surface area contributed by atoms with Gasteiger partial charge in [-0.25, -0.2) is 15.0 Å². The number of hydrogen-bond donors (Lipinski definition) is 1. The molecule has 2 heterocycles. The van der Waals surface area contributed by atoms with E-state index in [1.807, 2.05) is 0 Å². The molecule has 0 bridgehead atoms. The van der Waals surface area contributed by atoms with E-state index in [0.29, 0.717) is 27.3 Å². The van der Waals surface area contributed by atoms with Crippen molar-refractivity contribution in [2.45, 2.75) is 83.2 Å². The number of fused-ring (bicyclic) bond motifs is 1. The van der Waals surface area contributed by atoms with Gasteiger partial charge in [0.05, 0.1) is 12.4 Å². The van der Waals surface area contributed by atoms with Gasteiger partial charge in [0.1, 0.15) is 11.8 Å². The van der Waals surface area contributed by atoms with Crippen LogP contribution in [0.1, 0.15) is 60.4 Å². The fourth-order valence-corrected chi connectivity index (χ4v) is 11.2. The summed E-state index contributed by atoms with van der Waals surface area (Å²) in [6.07, 6.45) is 5.05. The van der Waals surface area contributed by atoms with Crippen LogP contribution in [0.3, 0.4) is 0 Å². The maximum atomic E-state index is 10.1. The highest BCUT2D eigenvalue weighted by Crippen LogP contribution is 2.47. The van der Waals surface area contributed by atoms with Crippen molar-refractivity contribution in [1.82, 2.24) is 19.5 Å². The highest BCUT2D eigenvalue weighted by Gasteiger charge is 2.49. The largest absolute Gasteiger partial charge is 0.413 e. The zero-order chi connectivity index (χ0) is 20.6. The summed E-state index contributed by atoms with van der Waals surface area (Å²) in [7, 11) is -2.01. The van der Waals surface area contributed by atoms with Crippen LogP contribution in [-0.4, -0.2) is 45.7 Å². The minimum absolute atomic E-state index is 0.0589. The van der Waals surface area contributed by atoms with Gasteiger partial charge in [0.2, 0.25) is 8.32 Å². The van der Waals surface area contributed by atoms with Crippen molar-refractivity contribution < 1.29 is 9.53 Å². The van der Waals surface area contributed by atoms with E-state index in [-0.39, 0.29) is 24.7 Å². The van der Waals surface area contributed by atoms with Gasteiger partial charge in [-0.15, -0.1) is 0 Å². The van der Waals surface area contributed by atoms with Crippen LogP contribution in [-0.2, 0) is 4.43 Å². The summed E-state index contributed by atoms with van der Waals surface area (Å²) >= 11 is 6.17. The highest BCUT2D eigenvalue weighted by atomic mass is 35.5. The third-order valence-corrected chi connectivity index (χ3v) is 13.0. The van der Waals surface area contributed by atoms with Gasteiger partial charge in [-0.2, -0.15) is 0 Å². The Morgan fingerprint density at radius 3 is 2.32 bits per heavy atom. The number of rotatable bonds is 7. The Labute approximate surface area is 173 Å². The van der Waals surface area contributed by atoms with E-state index in [1.165, 1.54) is 6.33 Å². The van der Waals surface area contributed by atoms with Crippen LogP contribution in [0.4, 0.5) is 0 Å². The van der Waals surface area contributed by atoms with Gasteiger partial charge in [0.25, 0.3) is 0 Å². The molecule has 1 N–H and O–H groups in total. The monoisotopic (exact) mass is 424 g/mol. The molecule has 6 nitrogen and oxygen atoms in total. The van der Waals surface area contributed by atoms with Gasteiger partial charge in [-0.3, -0.25) is 0 Å². The molecule has 3 rings (SSSR count). The van der Waals surface area contributed by atoms with Gasteiger partial charge in [-0.05, 0) is 29.5 Å². The van der Waals surface area contributed by atoms with Gasteiger partial charge < -0.3 is 14.1 Å². The van der Waals surface area contributed by atoms with Crippen LogP contribution in [0.5, 0.6) is 0 Å². The van der Waals surface area contributed by atoms with Crippen LogP contribution in [0, 0.1) is 5.92 Å². The maximum absolute atomic E-state index is 10.1. The number of halogens is 1. The maximum Gasteiger partial charge on any atom is 0.200 e. The second-order valence-corrected chi connectivity index (χ2v) is 14.8. The lowest BCUT2D eigenvalue weighted by atomic mass is 10.1. The molecule has 8 heteroatoms. The Kier molecular flexibility index (Phi) is 6.49. The molecule has 28 heavy (non-hydrogen) atoms. The Morgan fingerprint density at radius 2 is 1.75 bits per heavy atom. The summed E-state index contributed by atoms with van der Waals surface area (Å²) in [4.78, 5) is 12.8. The fourth-order valence-electron chi connectivity index (χ4n) is 5.38. The number of aliphatic hydroxyl groups excluding tert-OH is 1. The van der Waals surface area contributed by atoms with Crippen LogP contribution in [0.2, 0.25) is 21.8 Å². The Balaban J connectivity index is 1.90. The van der Waals surface area contributed by atoms with Crippen molar-refractivity contribution in [2.24, 2.45) is 5.92 Å². The van der Waals surface area contributed by atoms with Crippen LogP contribution in [0.15, 0.2) is 12.7 Å². The number of hydrogen-bond acceptors (Lipinski definition) is 5. The van der Waals surface area contributed by atoms with Crippen molar-refractivity contribution in [2.75, 3.05) is 6.61 Å². The smallest absolute Gasteiger partial charge is 0.200 e. The van der Waals surface area contributed by atoms with E-state index in [1.54, 1.807) is 6.33 Å². The highest BCUT2D eigenvalue weighted by molar-refractivity contribution is 6.77. The standard InChI is InChI=1S/C20H33ClN4O2Si/c1-12(2)28(13(3)4,14(5)6)27-17-8-16(7-15(17)9-26)25-11-24-18-19(21)22-10-23-20(18)25/h10-17,26H,7-9H2,1-6H3/t15-,16-,17+/m1/s1. The van der Waals surface area contributed by atoms with Crippen LogP contribution >= 0.6 is 11.6 Å². The number of aromatic nitrogens is 4. The molecular weight excluding hydrogens is 392 g/mol. The summed E-state index contributed by atoms with van der Waals surface area (Å²) in [6.45, 7) is 13.9. The van der Waals surface area contributed by atoms with E-state index in [2.05, 4.69) is 61.1 Å². The quantitative estimate of drug-likeness (QED) is 0.501. The Morgan fingerprint density at radius 1 is 1.11 bits per heavy atom. The molecule has 1 fully saturated rings. The van der Waals surface area contributed by atoms with E-state index in [4.69, 9.17) is 16.0 Å². The summed E-state index contributed by atoms with van der Waals surface area (Å²) in [6, 6.07) is 0.191. The lowest BCUT2D eigenvalue weighted by Crippen LogP contribution is -2.51. The molecule has 0 amide bonds. The molecule has 0 unspecified atom stereocenters. The SMILES string of the molecule is CC(C)[Si](O[C@H]1C[C@H](n2cnc3c(Cl)ncnc32)C[C@@H]1CO)(C(C)C)C(C)C. The second kappa shape index (κ2) is 8.38. The first-order valence-corrected chi connectivity index (χ1v) is 12.9. The van der Waals surface area contributed by atoms with Gasteiger partial charge in [-0.1, -0.05) is 53.1 Å². The molecule has 1 aliphatic rings. The first-order valence-electron chi connectivity index (χ1n) is 10.3. The molecule has 0 spiro atoms. The van der Waals surface area contributed by atoms with Crippen molar-refractivity contribution in [3.63, 3.8) is 0 Å². The average Bonchev–Trinajstić information content (AvgIpc) is 3.22. The topological polar surface area (TPSA) is 73.1 Å². The van der Waals surface area contributed by atoms with Crippen molar-refractivity contribution in [1.29, 1.82) is 0 Å². The zero-order valence-electron chi connectivity index (χ0n) is 17.8. The zero-order valence-corrected chi connectivity index (χ0v) is 19.5. The molecule has 156 valence electrons. The lowest BCUT2D eigenvalue weighted by Gasteiger charge is -2.45. The second-order valence-electron chi connectivity index (χ2n) is 9.03. The molecule has 0 saturated heterocycles. The first-order chi connectivity index (χ1) is 13.2. The fraction of sp³-hybridized carbons (Fsp3) is 0.750. The van der Waals surface area contributed by atoms with Crippen molar-refractivity contribution >= 4 is 31.1 Å². The summed E-state index contributed by atoms with van der Waals surface area (Å²) in [5.74, 6) is 0.128. The molecule has 0 aromatic carbocycles. The molecule has 1 saturated carbocycles. The molecule has 2 aromatic rings. The summed E-state index contributed by atoms with van der Waals surface area (Å²) in [5.41, 5.74) is 2.94. The molecule has 1 aliphatic carbocycles. The molecular formula is C20H33ClN4O2Si. The summed E-state index contributed by atoms with van der Waals surface area (Å²) < 4.78 is 9.12. The first kappa shape index (κ1) is 21.7. The van der Waals surface area contributed by atoms with E-state index in [9.17, 15) is 5.11 Å². The minimum Gasteiger partial charge on any atom is -0.413 e. The molecule has 2 aromatic heterocycles. The minimum atomic E-state index is -2.01.